The van der Waals surface area contributed by atoms with Crippen molar-refractivity contribution in [2.24, 2.45) is 7.05 Å². The molecule has 0 unspecified atom stereocenters. The number of hydrogen-bond acceptors (Lipinski definition) is 5. The second kappa shape index (κ2) is 6.52. The quantitative estimate of drug-likeness (QED) is 0.867. The zero-order valence-electron chi connectivity index (χ0n) is 14.3. The number of nitrogens with one attached hydrogen (secondary N) is 1. The van der Waals surface area contributed by atoms with E-state index in [0.29, 0.717) is 24.7 Å². The first-order valence-corrected chi connectivity index (χ1v) is 8.09. The first kappa shape index (κ1) is 16.3. The van der Waals surface area contributed by atoms with Gasteiger partial charge in [0.15, 0.2) is 0 Å². The number of aromatic nitrogens is 2. The number of hydrogen-bond donors (Lipinski definition) is 1. The SMILES string of the molecule is CCN1CN(C)c2c1c(=O)n(CNCc1ccccc1)c(=O)n2C. The highest BCUT2D eigenvalue weighted by Crippen LogP contribution is 2.29. The Balaban J connectivity index is 1.91. The molecule has 7 nitrogen and oxygen atoms in total. The average Bonchev–Trinajstić information content (AvgIpc) is 2.93. The molecule has 0 aliphatic carbocycles. The third-order valence-corrected chi connectivity index (χ3v) is 4.38. The lowest BCUT2D eigenvalue weighted by Gasteiger charge is -2.16. The van der Waals surface area contributed by atoms with Crippen molar-refractivity contribution in [2.45, 2.75) is 20.1 Å². The van der Waals surface area contributed by atoms with Crippen LogP contribution in [0.1, 0.15) is 12.5 Å². The van der Waals surface area contributed by atoms with Crippen molar-refractivity contribution in [3.05, 3.63) is 56.7 Å². The van der Waals surface area contributed by atoms with Crippen LogP contribution in [0.15, 0.2) is 39.9 Å². The molecular formula is C17H23N5O2. The molecule has 128 valence electrons. The van der Waals surface area contributed by atoms with Crippen LogP contribution in [0.5, 0.6) is 0 Å². The summed E-state index contributed by atoms with van der Waals surface area (Å²) in [7, 11) is 3.61. The van der Waals surface area contributed by atoms with E-state index in [1.165, 1.54) is 4.57 Å². The molecule has 7 heteroatoms. The molecule has 1 aliphatic heterocycles. The van der Waals surface area contributed by atoms with Gasteiger partial charge in [0.1, 0.15) is 11.5 Å². The van der Waals surface area contributed by atoms with E-state index in [1.807, 2.05) is 54.1 Å². The predicted octanol–water partition coefficient (Wildman–Crippen LogP) is 0.528. The third-order valence-electron chi connectivity index (χ3n) is 4.38. The molecule has 1 aromatic heterocycles. The minimum atomic E-state index is -0.302. The molecule has 0 fully saturated rings. The van der Waals surface area contributed by atoms with Gasteiger partial charge in [0.2, 0.25) is 0 Å². The highest BCUT2D eigenvalue weighted by molar-refractivity contribution is 5.71. The topological polar surface area (TPSA) is 62.5 Å². The molecule has 3 rings (SSSR count). The molecule has 0 radical (unpaired) electrons. The zero-order valence-corrected chi connectivity index (χ0v) is 14.3. The lowest BCUT2D eigenvalue weighted by molar-refractivity contribution is 0.507. The summed E-state index contributed by atoms with van der Waals surface area (Å²) in [6, 6.07) is 9.90. The molecule has 1 N–H and O–H groups in total. The highest BCUT2D eigenvalue weighted by atomic mass is 16.2. The molecule has 2 heterocycles. The summed E-state index contributed by atoms with van der Waals surface area (Å²) in [5.74, 6) is 0.686. The van der Waals surface area contributed by atoms with Crippen LogP contribution in [0.25, 0.3) is 0 Å². The van der Waals surface area contributed by atoms with Gasteiger partial charge in [-0.1, -0.05) is 30.3 Å². The van der Waals surface area contributed by atoms with Crippen molar-refractivity contribution < 1.29 is 0 Å². The highest BCUT2D eigenvalue weighted by Gasteiger charge is 2.30. The van der Waals surface area contributed by atoms with Crippen LogP contribution in [0.3, 0.4) is 0 Å². The van der Waals surface area contributed by atoms with E-state index in [0.717, 1.165) is 12.1 Å². The first-order chi connectivity index (χ1) is 11.5. The van der Waals surface area contributed by atoms with Crippen LogP contribution < -0.4 is 26.4 Å². The van der Waals surface area contributed by atoms with Crippen molar-refractivity contribution in [3.63, 3.8) is 0 Å². The van der Waals surface area contributed by atoms with Gasteiger partial charge in [0, 0.05) is 27.2 Å². The van der Waals surface area contributed by atoms with Gasteiger partial charge in [-0.2, -0.15) is 0 Å². The summed E-state index contributed by atoms with van der Waals surface area (Å²) in [6.07, 6.45) is 0. The van der Waals surface area contributed by atoms with Crippen LogP contribution in [0.4, 0.5) is 11.5 Å². The van der Waals surface area contributed by atoms with E-state index in [4.69, 9.17) is 0 Å². The van der Waals surface area contributed by atoms with Crippen LogP contribution >= 0.6 is 0 Å². The summed E-state index contributed by atoms with van der Waals surface area (Å²) >= 11 is 0. The van der Waals surface area contributed by atoms with Crippen LogP contribution in [0.2, 0.25) is 0 Å². The predicted molar refractivity (Wildman–Crippen MR) is 95.5 cm³/mol. The Morgan fingerprint density at radius 3 is 2.50 bits per heavy atom. The van der Waals surface area contributed by atoms with Crippen molar-refractivity contribution >= 4 is 11.5 Å². The number of fused-ring (bicyclic) bond motifs is 1. The summed E-state index contributed by atoms with van der Waals surface area (Å²) in [4.78, 5) is 29.3. The van der Waals surface area contributed by atoms with E-state index in [-0.39, 0.29) is 17.9 Å². The lowest BCUT2D eigenvalue weighted by atomic mass is 10.2. The Bertz CT molecular complexity index is 841. The van der Waals surface area contributed by atoms with Crippen LogP contribution in [0, 0.1) is 0 Å². The Labute approximate surface area is 140 Å². The Kier molecular flexibility index (Phi) is 4.44. The maximum Gasteiger partial charge on any atom is 0.333 e. The Morgan fingerprint density at radius 1 is 1.12 bits per heavy atom. The van der Waals surface area contributed by atoms with Crippen LogP contribution in [-0.2, 0) is 20.3 Å². The molecule has 0 amide bonds. The maximum absolute atomic E-state index is 12.8. The van der Waals surface area contributed by atoms with Crippen molar-refractivity contribution in [1.82, 2.24) is 14.5 Å². The van der Waals surface area contributed by atoms with Crippen molar-refractivity contribution in [3.8, 4) is 0 Å². The fraction of sp³-hybridized carbons (Fsp3) is 0.412. The largest absolute Gasteiger partial charge is 0.347 e. The molecule has 2 aromatic rings. The monoisotopic (exact) mass is 329 g/mol. The standard InChI is InChI=1S/C17H23N5O2/c1-4-21-12-19(2)15-14(21)16(23)22(17(24)20(15)3)11-18-10-13-8-6-5-7-9-13/h5-9,18H,4,10-12H2,1-3H3. The van der Waals surface area contributed by atoms with Crippen molar-refractivity contribution in [2.75, 3.05) is 30.1 Å². The second-order valence-corrected chi connectivity index (χ2v) is 6.01. The van der Waals surface area contributed by atoms with Gasteiger partial charge in [-0.15, -0.1) is 0 Å². The Hall–Kier alpha value is -2.54. The Morgan fingerprint density at radius 2 is 1.83 bits per heavy atom. The maximum atomic E-state index is 12.8. The lowest BCUT2D eigenvalue weighted by Crippen LogP contribution is -2.43. The molecule has 0 saturated carbocycles. The number of nitrogens with zero attached hydrogens (tertiary/aromatic N) is 4. The fourth-order valence-corrected chi connectivity index (χ4v) is 3.15. The van der Waals surface area contributed by atoms with E-state index in [9.17, 15) is 9.59 Å². The minimum absolute atomic E-state index is 0.189. The van der Waals surface area contributed by atoms with E-state index < -0.39 is 0 Å². The van der Waals surface area contributed by atoms with Crippen molar-refractivity contribution in [1.29, 1.82) is 0 Å². The van der Waals surface area contributed by atoms with Gasteiger partial charge < -0.3 is 9.80 Å². The number of benzene rings is 1. The molecule has 0 atom stereocenters. The van der Waals surface area contributed by atoms with Gasteiger partial charge in [-0.3, -0.25) is 14.7 Å². The molecule has 0 spiro atoms. The van der Waals surface area contributed by atoms with Crippen LogP contribution in [-0.4, -0.2) is 29.4 Å². The molecule has 0 bridgehead atoms. The smallest absolute Gasteiger partial charge is 0.333 e. The minimum Gasteiger partial charge on any atom is -0.347 e. The normalized spacial score (nSPS) is 13.5. The molecular weight excluding hydrogens is 306 g/mol. The molecule has 0 saturated heterocycles. The molecule has 1 aliphatic rings. The summed E-state index contributed by atoms with van der Waals surface area (Å²) in [5, 5.41) is 3.18. The van der Waals surface area contributed by atoms with Gasteiger partial charge in [0.05, 0.1) is 13.3 Å². The van der Waals surface area contributed by atoms with Gasteiger partial charge in [-0.25, -0.2) is 9.36 Å². The van der Waals surface area contributed by atoms with Gasteiger partial charge in [-0.05, 0) is 12.5 Å². The average molecular weight is 329 g/mol. The molecule has 24 heavy (non-hydrogen) atoms. The zero-order chi connectivity index (χ0) is 17.3. The first-order valence-electron chi connectivity index (χ1n) is 8.09. The second-order valence-electron chi connectivity index (χ2n) is 6.01. The van der Waals surface area contributed by atoms with Gasteiger partial charge in [0.25, 0.3) is 5.56 Å². The summed E-state index contributed by atoms with van der Waals surface area (Å²) in [6.45, 7) is 4.14. The number of rotatable bonds is 5. The van der Waals surface area contributed by atoms with Gasteiger partial charge >= 0.3 is 5.69 Å². The third kappa shape index (κ3) is 2.71. The summed E-state index contributed by atoms with van der Waals surface area (Å²) < 4.78 is 2.82. The summed E-state index contributed by atoms with van der Waals surface area (Å²) in [5.41, 5.74) is 1.17. The van der Waals surface area contributed by atoms with E-state index >= 15 is 0 Å². The van der Waals surface area contributed by atoms with E-state index in [2.05, 4.69) is 5.32 Å². The molecule has 1 aromatic carbocycles. The van der Waals surface area contributed by atoms with E-state index in [1.54, 1.807) is 11.6 Å². The fourth-order valence-electron chi connectivity index (χ4n) is 3.15. The number of anilines is 2.